The molecule has 0 saturated carbocycles. The van der Waals surface area contributed by atoms with Crippen LogP contribution in [0.15, 0.2) is 53.6 Å². The van der Waals surface area contributed by atoms with Gasteiger partial charge in [-0.25, -0.2) is 4.98 Å². The number of aryl methyl sites for hydroxylation is 1. The van der Waals surface area contributed by atoms with Crippen LogP contribution < -0.4 is 9.64 Å². The molecule has 1 aromatic heterocycles. The number of para-hydroxylation sites is 1. The molecule has 140 valence electrons. The highest BCUT2D eigenvalue weighted by Gasteiger charge is 2.22. The zero-order valence-corrected chi connectivity index (χ0v) is 16.3. The fourth-order valence-electron chi connectivity index (χ4n) is 3.45. The van der Waals surface area contributed by atoms with Gasteiger partial charge in [0.15, 0.2) is 0 Å². The Kier molecular flexibility index (Phi) is 5.18. The minimum atomic E-state index is 0.0357. The molecule has 1 amide bonds. The van der Waals surface area contributed by atoms with Gasteiger partial charge in [-0.15, -0.1) is 0 Å². The third-order valence-electron chi connectivity index (χ3n) is 4.85. The van der Waals surface area contributed by atoms with Crippen LogP contribution in [-0.4, -0.2) is 30.3 Å². The van der Waals surface area contributed by atoms with Crippen molar-refractivity contribution in [1.82, 2.24) is 4.98 Å². The third kappa shape index (κ3) is 3.54. The molecule has 1 aliphatic rings. The molecule has 0 spiro atoms. The molecule has 4 rings (SSSR count). The van der Waals surface area contributed by atoms with Gasteiger partial charge in [0.05, 0.1) is 23.9 Å². The summed E-state index contributed by atoms with van der Waals surface area (Å²) in [4.78, 5) is 19.3. The Morgan fingerprint density at radius 1 is 1.29 bits per heavy atom. The van der Waals surface area contributed by atoms with Gasteiger partial charge < -0.3 is 9.64 Å². The van der Waals surface area contributed by atoms with Crippen molar-refractivity contribution in [3.8, 4) is 11.8 Å². The van der Waals surface area contributed by atoms with Crippen molar-refractivity contribution >= 4 is 34.3 Å². The van der Waals surface area contributed by atoms with Gasteiger partial charge in [0.1, 0.15) is 16.8 Å². The van der Waals surface area contributed by atoms with Crippen LogP contribution in [0.3, 0.4) is 0 Å². The standard InChI is InChI=1S/C22H19N3O2S/c1-27-18-9-8-16-11-17(13-23)22(24-19(16)12-18)28-14-21(26)25-10-4-6-15-5-2-3-7-20(15)25/h2-3,5,7-9,11-12H,4,6,10,14H2,1H3. The number of aromatic nitrogens is 1. The minimum absolute atomic E-state index is 0.0357. The highest BCUT2D eigenvalue weighted by atomic mass is 32.2. The monoisotopic (exact) mass is 389 g/mol. The van der Waals surface area contributed by atoms with Crippen molar-refractivity contribution in [2.45, 2.75) is 17.9 Å². The van der Waals surface area contributed by atoms with Gasteiger partial charge in [-0.1, -0.05) is 30.0 Å². The first-order chi connectivity index (χ1) is 13.7. The summed E-state index contributed by atoms with van der Waals surface area (Å²) < 4.78 is 5.26. The quantitative estimate of drug-likeness (QED) is 0.626. The molecular weight excluding hydrogens is 370 g/mol. The topological polar surface area (TPSA) is 66.2 Å². The predicted octanol–water partition coefficient (Wildman–Crippen LogP) is 4.19. The molecule has 0 radical (unpaired) electrons. The molecule has 6 heteroatoms. The number of hydrogen-bond donors (Lipinski definition) is 0. The number of carbonyl (C=O) groups excluding carboxylic acids is 1. The summed E-state index contributed by atoms with van der Waals surface area (Å²) in [5.74, 6) is 0.987. The molecule has 0 aliphatic carbocycles. The van der Waals surface area contributed by atoms with Gasteiger partial charge in [-0.2, -0.15) is 5.26 Å². The van der Waals surface area contributed by atoms with Crippen LogP contribution in [0.5, 0.6) is 5.75 Å². The number of hydrogen-bond acceptors (Lipinski definition) is 5. The van der Waals surface area contributed by atoms with Crippen molar-refractivity contribution in [2.24, 2.45) is 0 Å². The Labute approximate surface area is 167 Å². The molecular formula is C22H19N3O2S. The number of methoxy groups -OCH3 is 1. The Balaban J connectivity index is 1.57. The SMILES string of the molecule is COc1ccc2cc(C#N)c(SCC(=O)N3CCCc4ccccc43)nc2c1. The zero-order valence-electron chi connectivity index (χ0n) is 15.5. The number of fused-ring (bicyclic) bond motifs is 2. The van der Waals surface area contributed by atoms with Crippen LogP contribution in [0.25, 0.3) is 10.9 Å². The maximum Gasteiger partial charge on any atom is 0.237 e. The lowest BCUT2D eigenvalue weighted by Crippen LogP contribution is -2.36. The predicted molar refractivity (Wildman–Crippen MR) is 111 cm³/mol. The molecule has 2 heterocycles. The van der Waals surface area contributed by atoms with Gasteiger partial charge in [0.2, 0.25) is 5.91 Å². The molecule has 0 atom stereocenters. The summed E-state index contributed by atoms with van der Waals surface area (Å²) in [6.45, 7) is 0.726. The third-order valence-corrected chi connectivity index (χ3v) is 5.83. The number of ether oxygens (including phenoxy) is 1. The van der Waals surface area contributed by atoms with E-state index in [-0.39, 0.29) is 11.7 Å². The first-order valence-corrected chi connectivity index (χ1v) is 10.1. The van der Waals surface area contributed by atoms with Crippen molar-refractivity contribution in [2.75, 3.05) is 24.3 Å². The van der Waals surface area contributed by atoms with Crippen LogP contribution in [0.4, 0.5) is 5.69 Å². The molecule has 28 heavy (non-hydrogen) atoms. The summed E-state index contributed by atoms with van der Waals surface area (Å²) in [5, 5.41) is 10.9. The highest BCUT2D eigenvalue weighted by Crippen LogP contribution is 2.30. The lowest BCUT2D eigenvalue weighted by atomic mass is 10.0. The summed E-state index contributed by atoms with van der Waals surface area (Å²) in [5.41, 5.74) is 3.43. The van der Waals surface area contributed by atoms with Crippen LogP contribution in [0, 0.1) is 11.3 Å². The van der Waals surface area contributed by atoms with Gasteiger partial charge >= 0.3 is 0 Å². The normalized spacial score (nSPS) is 13.1. The van der Waals surface area contributed by atoms with Crippen molar-refractivity contribution in [1.29, 1.82) is 5.26 Å². The van der Waals surface area contributed by atoms with Gasteiger partial charge in [0.25, 0.3) is 0 Å². The Morgan fingerprint density at radius 3 is 2.96 bits per heavy atom. The number of pyridine rings is 1. The summed E-state index contributed by atoms with van der Waals surface area (Å²) in [7, 11) is 1.61. The molecule has 0 bridgehead atoms. The Hall–Kier alpha value is -3.04. The van der Waals surface area contributed by atoms with E-state index in [0.717, 1.165) is 36.0 Å². The van der Waals surface area contributed by atoms with Crippen molar-refractivity contribution in [3.05, 3.63) is 59.7 Å². The number of carbonyl (C=O) groups is 1. The second-order valence-electron chi connectivity index (χ2n) is 6.58. The van der Waals surface area contributed by atoms with Crippen LogP contribution in [0.1, 0.15) is 17.5 Å². The summed E-state index contributed by atoms with van der Waals surface area (Å²) in [6.07, 6.45) is 1.96. The average molecular weight is 389 g/mol. The number of anilines is 1. The molecule has 0 N–H and O–H groups in total. The van der Waals surface area contributed by atoms with Crippen LogP contribution in [-0.2, 0) is 11.2 Å². The van der Waals surface area contributed by atoms with Gasteiger partial charge in [0, 0.05) is 23.7 Å². The van der Waals surface area contributed by atoms with E-state index in [9.17, 15) is 10.1 Å². The average Bonchev–Trinajstić information content (AvgIpc) is 2.75. The maximum absolute atomic E-state index is 12.9. The van der Waals surface area contributed by atoms with E-state index in [0.29, 0.717) is 16.3 Å². The molecule has 1 aliphatic heterocycles. The first-order valence-electron chi connectivity index (χ1n) is 9.09. The Bertz CT molecular complexity index is 1090. The Morgan fingerprint density at radius 2 is 2.14 bits per heavy atom. The fraction of sp³-hybridized carbons (Fsp3) is 0.227. The van der Waals surface area contributed by atoms with Gasteiger partial charge in [-0.05, 0) is 42.7 Å². The maximum atomic E-state index is 12.9. The van der Waals surface area contributed by atoms with E-state index in [4.69, 9.17) is 4.74 Å². The number of benzene rings is 2. The number of rotatable bonds is 4. The summed E-state index contributed by atoms with van der Waals surface area (Å²) >= 11 is 1.31. The van der Waals surface area contributed by atoms with E-state index in [1.807, 2.05) is 47.4 Å². The number of nitriles is 1. The number of thioether (sulfide) groups is 1. The van der Waals surface area contributed by atoms with E-state index >= 15 is 0 Å². The molecule has 2 aromatic carbocycles. The first kappa shape index (κ1) is 18.3. The molecule has 0 fully saturated rings. The largest absolute Gasteiger partial charge is 0.497 e. The smallest absolute Gasteiger partial charge is 0.237 e. The van der Waals surface area contributed by atoms with E-state index < -0.39 is 0 Å². The van der Waals surface area contributed by atoms with Crippen molar-refractivity contribution in [3.63, 3.8) is 0 Å². The highest BCUT2D eigenvalue weighted by molar-refractivity contribution is 8.00. The lowest BCUT2D eigenvalue weighted by Gasteiger charge is -2.29. The van der Waals surface area contributed by atoms with E-state index in [2.05, 4.69) is 17.1 Å². The van der Waals surface area contributed by atoms with Crippen molar-refractivity contribution < 1.29 is 9.53 Å². The van der Waals surface area contributed by atoms with E-state index in [1.54, 1.807) is 7.11 Å². The zero-order chi connectivity index (χ0) is 19.5. The minimum Gasteiger partial charge on any atom is -0.497 e. The molecule has 3 aromatic rings. The van der Waals surface area contributed by atoms with Crippen LogP contribution in [0.2, 0.25) is 0 Å². The van der Waals surface area contributed by atoms with Gasteiger partial charge in [-0.3, -0.25) is 4.79 Å². The molecule has 0 unspecified atom stereocenters. The number of nitrogens with zero attached hydrogens (tertiary/aromatic N) is 3. The summed E-state index contributed by atoms with van der Waals surface area (Å²) in [6, 6.07) is 17.6. The lowest BCUT2D eigenvalue weighted by molar-refractivity contribution is -0.116. The molecule has 5 nitrogen and oxygen atoms in total. The van der Waals surface area contributed by atoms with E-state index in [1.165, 1.54) is 17.3 Å². The number of amides is 1. The molecule has 0 saturated heterocycles. The second-order valence-corrected chi connectivity index (χ2v) is 7.54. The second kappa shape index (κ2) is 7.91. The van der Waals surface area contributed by atoms with Crippen LogP contribution >= 0.6 is 11.8 Å². The fourth-order valence-corrected chi connectivity index (χ4v) is 4.29.